The van der Waals surface area contributed by atoms with Crippen LogP contribution in [-0.2, 0) is 10.2 Å². The van der Waals surface area contributed by atoms with E-state index in [0.29, 0.717) is 6.04 Å². The number of rotatable bonds is 4. The largest absolute Gasteiger partial charge is 0.384 e. The lowest BCUT2D eigenvalue weighted by atomic mass is 9.79. The van der Waals surface area contributed by atoms with Gasteiger partial charge in [0, 0.05) is 18.6 Å². The van der Waals surface area contributed by atoms with Crippen LogP contribution in [0.4, 0.5) is 0 Å². The molecule has 0 bridgehead atoms. The molecule has 0 aliphatic carbocycles. The Bertz CT molecular complexity index is 380. The van der Waals surface area contributed by atoms with Crippen molar-refractivity contribution in [3.05, 3.63) is 35.4 Å². The molecule has 1 fully saturated rings. The first kappa shape index (κ1) is 13.6. The van der Waals surface area contributed by atoms with Crippen molar-refractivity contribution < 1.29 is 4.74 Å². The summed E-state index contributed by atoms with van der Waals surface area (Å²) in [6, 6.07) is 9.34. The number of nitrogens with one attached hydrogen (secondary N) is 1. The molecule has 2 nitrogen and oxygen atoms in total. The minimum absolute atomic E-state index is 0.0739. The molecule has 1 aliphatic rings. The number of piperidine rings is 1. The average molecular weight is 247 g/mol. The summed E-state index contributed by atoms with van der Waals surface area (Å²) in [6.45, 7) is 6.43. The first-order chi connectivity index (χ1) is 8.65. The third kappa shape index (κ3) is 2.93. The summed E-state index contributed by atoms with van der Waals surface area (Å²) in [5, 5.41) is 3.65. The van der Waals surface area contributed by atoms with Crippen molar-refractivity contribution in [3.63, 3.8) is 0 Å². The van der Waals surface area contributed by atoms with Gasteiger partial charge in [0.15, 0.2) is 0 Å². The van der Waals surface area contributed by atoms with Gasteiger partial charge in [0.2, 0.25) is 0 Å². The molecule has 0 amide bonds. The van der Waals surface area contributed by atoms with Crippen LogP contribution in [0.25, 0.3) is 0 Å². The minimum Gasteiger partial charge on any atom is -0.384 e. The van der Waals surface area contributed by atoms with E-state index in [0.717, 1.165) is 13.2 Å². The van der Waals surface area contributed by atoms with E-state index < -0.39 is 0 Å². The maximum absolute atomic E-state index is 5.38. The van der Waals surface area contributed by atoms with Crippen LogP contribution in [0.2, 0.25) is 0 Å². The summed E-state index contributed by atoms with van der Waals surface area (Å²) < 4.78 is 5.38. The zero-order valence-electron chi connectivity index (χ0n) is 11.8. The Labute approximate surface area is 111 Å². The Morgan fingerprint density at radius 2 is 2.06 bits per heavy atom. The van der Waals surface area contributed by atoms with Crippen LogP contribution >= 0.6 is 0 Å². The molecule has 100 valence electrons. The third-order valence-electron chi connectivity index (χ3n) is 3.88. The highest BCUT2D eigenvalue weighted by molar-refractivity contribution is 5.36. The van der Waals surface area contributed by atoms with Crippen LogP contribution in [0.3, 0.4) is 0 Å². The Kier molecular flexibility index (Phi) is 4.41. The SMILES string of the molecule is COCC(C)(C)c1ccccc1C1CCCCN1. The Morgan fingerprint density at radius 1 is 1.28 bits per heavy atom. The molecule has 1 heterocycles. The van der Waals surface area contributed by atoms with Crippen molar-refractivity contribution >= 4 is 0 Å². The summed E-state index contributed by atoms with van der Waals surface area (Å²) in [5.41, 5.74) is 2.95. The molecule has 18 heavy (non-hydrogen) atoms. The van der Waals surface area contributed by atoms with Gasteiger partial charge in [-0.15, -0.1) is 0 Å². The van der Waals surface area contributed by atoms with Crippen molar-refractivity contribution in [2.24, 2.45) is 0 Å². The molecule has 1 aromatic carbocycles. The zero-order chi connectivity index (χ0) is 13.0. The molecule has 1 unspecified atom stereocenters. The highest BCUT2D eigenvalue weighted by atomic mass is 16.5. The quantitative estimate of drug-likeness (QED) is 0.880. The van der Waals surface area contributed by atoms with E-state index >= 15 is 0 Å². The van der Waals surface area contributed by atoms with Gasteiger partial charge in [0.1, 0.15) is 0 Å². The van der Waals surface area contributed by atoms with Crippen molar-refractivity contribution in [2.45, 2.75) is 44.6 Å². The second kappa shape index (κ2) is 5.85. The zero-order valence-corrected chi connectivity index (χ0v) is 11.8. The molecular formula is C16H25NO. The molecule has 1 saturated heterocycles. The van der Waals surface area contributed by atoms with Gasteiger partial charge >= 0.3 is 0 Å². The van der Waals surface area contributed by atoms with Gasteiger partial charge in [0.25, 0.3) is 0 Å². The fraction of sp³-hybridized carbons (Fsp3) is 0.625. The predicted molar refractivity (Wildman–Crippen MR) is 75.9 cm³/mol. The van der Waals surface area contributed by atoms with Gasteiger partial charge in [-0.1, -0.05) is 44.5 Å². The lowest BCUT2D eigenvalue weighted by Gasteiger charge is -2.32. The van der Waals surface area contributed by atoms with Gasteiger partial charge in [-0.05, 0) is 30.5 Å². The fourth-order valence-corrected chi connectivity index (χ4v) is 2.97. The Balaban J connectivity index is 2.29. The van der Waals surface area contributed by atoms with E-state index in [1.165, 1.54) is 30.4 Å². The fourth-order valence-electron chi connectivity index (χ4n) is 2.97. The van der Waals surface area contributed by atoms with Gasteiger partial charge in [-0.25, -0.2) is 0 Å². The maximum Gasteiger partial charge on any atom is 0.0553 e. The predicted octanol–water partition coefficient (Wildman–Crippen LogP) is 3.43. The van der Waals surface area contributed by atoms with Crippen molar-refractivity contribution in [1.82, 2.24) is 5.32 Å². The number of hydrogen-bond donors (Lipinski definition) is 1. The van der Waals surface area contributed by atoms with Crippen molar-refractivity contribution in [3.8, 4) is 0 Å². The van der Waals surface area contributed by atoms with Gasteiger partial charge < -0.3 is 10.1 Å². The molecule has 0 aromatic heterocycles. The molecule has 1 N–H and O–H groups in total. The van der Waals surface area contributed by atoms with Crippen molar-refractivity contribution in [1.29, 1.82) is 0 Å². The first-order valence-electron chi connectivity index (χ1n) is 6.97. The number of methoxy groups -OCH3 is 1. The lowest BCUT2D eigenvalue weighted by molar-refractivity contribution is 0.145. The first-order valence-corrected chi connectivity index (χ1v) is 6.97. The molecule has 0 saturated carbocycles. The van der Waals surface area contributed by atoms with E-state index in [-0.39, 0.29) is 5.41 Å². The average Bonchev–Trinajstić information content (AvgIpc) is 2.40. The van der Waals surface area contributed by atoms with E-state index in [9.17, 15) is 0 Å². The third-order valence-corrected chi connectivity index (χ3v) is 3.88. The molecular weight excluding hydrogens is 222 g/mol. The molecule has 1 aliphatic heterocycles. The number of ether oxygens (including phenoxy) is 1. The monoisotopic (exact) mass is 247 g/mol. The van der Waals surface area contributed by atoms with Crippen molar-refractivity contribution in [2.75, 3.05) is 20.3 Å². The van der Waals surface area contributed by atoms with E-state index in [4.69, 9.17) is 4.74 Å². The maximum atomic E-state index is 5.38. The van der Waals surface area contributed by atoms with Gasteiger partial charge in [0.05, 0.1) is 6.61 Å². The molecule has 2 heteroatoms. The smallest absolute Gasteiger partial charge is 0.0553 e. The Hall–Kier alpha value is -0.860. The number of hydrogen-bond acceptors (Lipinski definition) is 2. The van der Waals surface area contributed by atoms with Crippen LogP contribution in [-0.4, -0.2) is 20.3 Å². The minimum atomic E-state index is 0.0739. The van der Waals surface area contributed by atoms with E-state index in [2.05, 4.69) is 43.4 Å². The van der Waals surface area contributed by atoms with Gasteiger partial charge in [-0.3, -0.25) is 0 Å². The van der Waals surface area contributed by atoms with Crippen LogP contribution in [0, 0.1) is 0 Å². The summed E-state index contributed by atoms with van der Waals surface area (Å²) in [6.07, 6.45) is 3.89. The summed E-state index contributed by atoms with van der Waals surface area (Å²) >= 11 is 0. The van der Waals surface area contributed by atoms with Crippen LogP contribution in [0.5, 0.6) is 0 Å². The summed E-state index contributed by atoms with van der Waals surface area (Å²) in [4.78, 5) is 0. The van der Waals surface area contributed by atoms with Crippen LogP contribution in [0.1, 0.15) is 50.3 Å². The van der Waals surface area contributed by atoms with Crippen LogP contribution < -0.4 is 5.32 Å². The van der Waals surface area contributed by atoms with Gasteiger partial charge in [-0.2, -0.15) is 0 Å². The molecule has 1 atom stereocenters. The topological polar surface area (TPSA) is 21.3 Å². The second-order valence-electron chi connectivity index (χ2n) is 5.91. The molecule has 0 spiro atoms. The molecule has 2 rings (SSSR count). The lowest BCUT2D eigenvalue weighted by Crippen LogP contribution is -2.31. The molecule has 1 aromatic rings. The van der Waals surface area contributed by atoms with Crippen LogP contribution in [0.15, 0.2) is 24.3 Å². The van der Waals surface area contributed by atoms with E-state index in [1.807, 2.05) is 0 Å². The molecule has 0 radical (unpaired) electrons. The number of benzene rings is 1. The van der Waals surface area contributed by atoms with E-state index in [1.54, 1.807) is 7.11 Å². The summed E-state index contributed by atoms with van der Waals surface area (Å²) in [5.74, 6) is 0. The Morgan fingerprint density at radius 3 is 2.72 bits per heavy atom. The standard InChI is InChI=1S/C16H25NO/c1-16(2,12-18-3)14-9-5-4-8-13(14)15-10-6-7-11-17-15/h4-5,8-9,15,17H,6-7,10-12H2,1-3H3. The second-order valence-corrected chi connectivity index (χ2v) is 5.91. The summed E-state index contributed by atoms with van der Waals surface area (Å²) in [7, 11) is 1.78. The highest BCUT2D eigenvalue weighted by Crippen LogP contribution is 2.33. The normalized spacial score (nSPS) is 20.9. The highest BCUT2D eigenvalue weighted by Gasteiger charge is 2.26.